The Morgan fingerprint density at radius 1 is 1.29 bits per heavy atom. The first kappa shape index (κ1) is 9.44. The topological polar surface area (TPSA) is 43.1 Å². The zero-order valence-electron chi connectivity index (χ0n) is 8.19. The second kappa shape index (κ2) is 3.95. The Balaban J connectivity index is 2.25. The maximum absolute atomic E-state index is 10.5. The first-order chi connectivity index (χ1) is 6.77. The van der Waals surface area contributed by atoms with E-state index in [1.54, 1.807) is 0 Å². The Morgan fingerprint density at radius 2 is 1.86 bits per heavy atom. The monoisotopic (exact) mass is 193 g/mol. The van der Waals surface area contributed by atoms with Crippen LogP contribution in [0.3, 0.4) is 0 Å². The molecule has 0 amide bonds. The summed E-state index contributed by atoms with van der Waals surface area (Å²) in [4.78, 5) is 10.2. The molecule has 2 atom stereocenters. The molecule has 0 saturated heterocycles. The van der Waals surface area contributed by atoms with Gasteiger partial charge in [-0.2, -0.15) is 0 Å². The smallest absolute Gasteiger partial charge is 0.234 e. The van der Waals surface area contributed by atoms with Crippen molar-refractivity contribution in [2.24, 2.45) is 11.8 Å². The Kier molecular flexibility index (Phi) is 2.66. The summed E-state index contributed by atoms with van der Waals surface area (Å²) in [6, 6.07) is 0. The van der Waals surface area contributed by atoms with Crippen LogP contribution >= 0.6 is 0 Å². The predicted molar refractivity (Wildman–Crippen MR) is 54.3 cm³/mol. The lowest BCUT2D eigenvalue weighted by atomic mass is 9.76. The van der Waals surface area contributed by atoms with Gasteiger partial charge in [-0.1, -0.05) is 18.6 Å². The molecule has 0 aliphatic heterocycles. The summed E-state index contributed by atoms with van der Waals surface area (Å²) in [5.41, 5.74) is 1.09. The van der Waals surface area contributed by atoms with E-state index in [-0.39, 0.29) is 4.92 Å². The van der Waals surface area contributed by atoms with Gasteiger partial charge in [0.15, 0.2) is 0 Å². The van der Waals surface area contributed by atoms with Crippen LogP contribution in [0.15, 0.2) is 23.9 Å². The molecule has 3 heteroatoms. The van der Waals surface area contributed by atoms with Gasteiger partial charge in [0.05, 0.1) is 4.92 Å². The average Bonchev–Trinajstić information content (AvgIpc) is 2.27. The third-order valence-corrected chi connectivity index (χ3v) is 3.31. The third kappa shape index (κ3) is 1.86. The molecule has 0 aromatic rings. The molecule has 14 heavy (non-hydrogen) atoms. The maximum Gasteiger partial charge on any atom is 0.234 e. The molecule has 1 fully saturated rings. The van der Waals surface area contributed by atoms with Crippen LogP contribution in [0.1, 0.15) is 32.1 Å². The minimum atomic E-state index is -0.286. The summed E-state index contributed by atoms with van der Waals surface area (Å²) >= 11 is 0. The molecule has 0 aromatic carbocycles. The van der Waals surface area contributed by atoms with Crippen LogP contribution in [0.4, 0.5) is 0 Å². The van der Waals surface area contributed by atoms with Crippen LogP contribution in [0.25, 0.3) is 0 Å². The van der Waals surface area contributed by atoms with Gasteiger partial charge in [-0.25, -0.2) is 0 Å². The highest BCUT2D eigenvalue weighted by Crippen LogP contribution is 2.40. The minimum Gasteiger partial charge on any atom is -0.259 e. The van der Waals surface area contributed by atoms with E-state index in [2.05, 4.69) is 12.2 Å². The number of hydrogen-bond acceptors (Lipinski definition) is 2. The van der Waals surface area contributed by atoms with E-state index < -0.39 is 0 Å². The Hall–Kier alpha value is -1.12. The van der Waals surface area contributed by atoms with E-state index in [0.717, 1.165) is 31.3 Å². The molecule has 0 radical (unpaired) electrons. The second-order valence-corrected chi connectivity index (χ2v) is 4.18. The van der Waals surface area contributed by atoms with Gasteiger partial charge in [0, 0.05) is 5.57 Å². The number of hydrogen-bond donors (Lipinski definition) is 0. The van der Waals surface area contributed by atoms with Crippen molar-refractivity contribution in [1.82, 2.24) is 0 Å². The van der Waals surface area contributed by atoms with Gasteiger partial charge in [-0.15, -0.1) is 0 Å². The lowest BCUT2D eigenvalue weighted by molar-refractivity contribution is -0.404. The molecule has 0 aromatic heterocycles. The minimum absolute atomic E-state index is 0.286. The van der Waals surface area contributed by atoms with Crippen molar-refractivity contribution in [3.8, 4) is 0 Å². The van der Waals surface area contributed by atoms with Crippen LogP contribution in [0.2, 0.25) is 0 Å². The molecule has 2 aliphatic rings. The number of nitrogens with zero attached hydrogens (tertiary/aromatic N) is 1. The van der Waals surface area contributed by atoms with Gasteiger partial charge < -0.3 is 0 Å². The third-order valence-electron chi connectivity index (χ3n) is 3.31. The van der Waals surface area contributed by atoms with Crippen LogP contribution in [0.5, 0.6) is 0 Å². The Morgan fingerprint density at radius 3 is 2.36 bits per heavy atom. The molecule has 0 N–H and O–H groups in total. The van der Waals surface area contributed by atoms with E-state index in [1.807, 2.05) is 0 Å². The molecule has 2 aliphatic carbocycles. The molecule has 0 spiro atoms. The number of nitro groups is 1. The number of fused-ring (bicyclic) bond motifs is 2. The molecule has 76 valence electrons. The largest absolute Gasteiger partial charge is 0.259 e. The van der Waals surface area contributed by atoms with E-state index in [4.69, 9.17) is 0 Å². The van der Waals surface area contributed by atoms with E-state index in [9.17, 15) is 10.1 Å². The highest BCUT2D eigenvalue weighted by molar-refractivity contribution is 5.16. The quantitative estimate of drug-likeness (QED) is 0.365. The van der Waals surface area contributed by atoms with Gasteiger partial charge in [-0.3, -0.25) is 10.1 Å². The Labute approximate surface area is 83.7 Å². The van der Waals surface area contributed by atoms with Crippen LogP contribution in [-0.2, 0) is 0 Å². The molecule has 2 rings (SSSR count). The summed E-state index contributed by atoms with van der Waals surface area (Å²) < 4.78 is 0. The van der Waals surface area contributed by atoms with Gasteiger partial charge in [0.2, 0.25) is 6.20 Å². The molecule has 3 nitrogen and oxygen atoms in total. The van der Waals surface area contributed by atoms with Crippen molar-refractivity contribution >= 4 is 0 Å². The summed E-state index contributed by atoms with van der Waals surface area (Å²) in [6.07, 6.45) is 11.1. The lowest BCUT2D eigenvalue weighted by Crippen LogP contribution is -2.18. The molecular formula is C11H15NO2. The fourth-order valence-corrected chi connectivity index (χ4v) is 2.64. The van der Waals surface area contributed by atoms with Crippen LogP contribution in [-0.4, -0.2) is 4.92 Å². The summed E-state index contributed by atoms with van der Waals surface area (Å²) in [5.74, 6) is 0.885. The Bertz CT molecular complexity index is 276. The summed E-state index contributed by atoms with van der Waals surface area (Å²) in [5, 5.41) is 10.5. The fourth-order valence-electron chi connectivity index (χ4n) is 2.64. The molecule has 2 bridgehead atoms. The van der Waals surface area contributed by atoms with Crippen molar-refractivity contribution in [1.29, 1.82) is 0 Å². The predicted octanol–water partition coefficient (Wildman–Crippen LogP) is 2.91. The maximum atomic E-state index is 10.5. The van der Waals surface area contributed by atoms with Crippen molar-refractivity contribution < 1.29 is 4.92 Å². The van der Waals surface area contributed by atoms with Crippen LogP contribution < -0.4 is 0 Å². The summed E-state index contributed by atoms with van der Waals surface area (Å²) in [6.45, 7) is 0. The van der Waals surface area contributed by atoms with Gasteiger partial charge in [0.1, 0.15) is 0 Å². The number of allylic oxidation sites excluding steroid dienone is 3. The SMILES string of the molecule is O=[N+]([O-])C=C1C2CC=CCC1CCC2. The average molecular weight is 193 g/mol. The van der Waals surface area contributed by atoms with Gasteiger partial charge in [-0.05, 0) is 37.5 Å². The van der Waals surface area contributed by atoms with Crippen molar-refractivity contribution in [3.63, 3.8) is 0 Å². The van der Waals surface area contributed by atoms with Crippen molar-refractivity contribution in [2.45, 2.75) is 32.1 Å². The van der Waals surface area contributed by atoms with Gasteiger partial charge in [0.25, 0.3) is 0 Å². The molecule has 1 saturated carbocycles. The first-order valence-corrected chi connectivity index (χ1v) is 5.27. The molecule has 0 heterocycles. The van der Waals surface area contributed by atoms with E-state index in [1.165, 1.54) is 12.6 Å². The number of rotatable bonds is 1. The highest BCUT2D eigenvalue weighted by atomic mass is 16.6. The summed E-state index contributed by atoms with van der Waals surface area (Å²) in [7, 11) is 0. The standard InChI is InChI=1S/C11H15NO2/c13-12(14)8-11-9-4-1-2-5-10(11)7-3-6-9/h1-2,8-10H,3-7H2. The lowest BCUT2D eigenvalue weighted by Gasteiger charge is -2.28. The fraction of sp³-hybridized carbons (Fsp3) is 0.636. The first-order valence-electron chi connectivity index (χ1n) is 5.27. The normalized spacial score (nSPS) is 31.0. The second-order valence-electron chi connectivity index (χ2n) is 4.18. The van der Waals surface area contributed by atoms with Crippen molar-refractivity contribution in [2.75, 3.05) is 0 Å². The van der Waals surface area contributed by atoms with E-state index >= 15 is 0 Å². The van der Waals surface area contributed by atoms with E-state index in [0.29, 0.717) is 11.8 Å². The van der Waals surface area contributed by atoms with Crippen molar-refractivity contribution in [3.05, 3.63) is 34.0 Å². The van der Waals surface area contributed by atoms with Gasteiger partial charge >= 0.3 is 0 Å². The zero-order chi connectivity index (χ0) is 9.97. The molecular weight excluding hydrogens is 178 g/mol. The zero-order valence-corrected chi connectivity index (χ0v) is 8.19. The highest BCUT2D eigenvalue weighted by Gasteiger charge is 2.29. The molecule has 2 unspecified atom stereocenters. The van der Waals surface area contributed by atoms with Crippen LogP contribution in [0, 0.1) is 22.0 Å².